The summed E-state index contributed by atoms with van der Waals surface area (Å²) in [6.45, 7) is 0.424. The van der Waals surface area contributed by atoms with E-state index >= 15 is 0 Å². The highest BCUT2D eigenvalue weighted by molar-refractivity contribution is 7.91. The Kier molecular flexibility index (Phi) is 4.75. The van der Waals surface area contributed by atoms with E-state index in [0.29, 0.717) is 31.0 Å². The van der Waals surface area contributed by atoms with Gasteiger partial charge in [0.25, 0.3) is 5.91 Å². The lowest BCUT2D eigenvalue weighted by Crippen LogP contribution is -2.26. The van der Waals surface area contributed by atoms with Crippen LogP contribution in [0.3, 0.4) is 0 Å². The summed E-state index contributed by atoms with van der Waals surface area (Å²) in [6.07, 6.45) is 3.26. The van der Waals surface area contributed by atoms with Crippen LogP contribution in [0.2, 0.25) is 0 Å². The van der Waals surface area contributed by atoms with E-state index in [9.17, 15) is 17.6 Å². The van der Waals surface area contributed by atoms with Crippen LogP contribution in [0.1, 0.15) is 53.0 Å². The molecular formula is C19H22FN3O3S. The van der Waals surface area contributed by atoms with E-state index in [-0.39, 0.29) is 29.3 Å². The molecule has 27 heavy (non-hydrogen) atoms. The summed E-state index contributed by atoms with van der Waals surface area (Å²) in [5.41, 5.74) is 2.25. The average molecular weight is 391 g/mol. The number of aromatic nitrogens is 2. The van der Waals surface area contributed by atoms with Crippen molar-refractivity contribution in [2.45, 2.75) is 37.6 Å². The molecule has 0 radical (unpaired) electrons. The van der Waals surface area contributed by atoms with Crippen molar-refractivity contribution in [3.63, 3.8) is 0 Å². The molecule has 4 rings (SSSR count). The van der Waals surface area contributed by atoms with E-state index in [4.69, 9.17) is 0 Å². The van der Waals surface area contributed by atoms with Crippen molar-refractivity contribution in [1.82, 2.24) is 15.1 Å². The second-order valence-electron chi connectivity index (χ2n) is 7.36. The molecule has 2 heterocycles. The third kappa shape index (κ3) is 4.21. The predicted molar refractivity (Wildman–Crippen MR) is 98.9 cm³/mol. The summed E-state index contributed by atoms with van der Waals surface area (Å²) in [5.74, 6) is 0.107. The van der Waals surface area contributed by atoms with E-state index in [0.717, 1.165) is 24.1 Å². The number of hydrogen-bond acceptors (Lipinski definition) is 4. The summed E-state index contributed by atoms with van der Waals surface area (Å²) in [4.78, 5) is 12.5. The number of rotatable bonds is 6. The fraction of sp³-hybridized carbons (Fsp3) is 0.474. The van der Waals surface area contributed by atoms with E-state index in [2.05, 4.69) is 10.4 Å². The number of halogens is 1. The molecule has 0 spiro atoms. The minimum atomic E-state index is -3.01. The first-order valence-electron chi connectivity index (χ1n) is 9.24. The van der Waals surface area contributed by atoms with Crippen molar-refractivity contribution in [1.29, 1.82) is 0 Å². The van der Waals surface area contributed by atoms with Crippen LogP contribution in [0.4, 0.5) is 4.39 Å². The number of hydrogen-bond donors (Lipinski definition) is 1. The molecule has 2 aromatic rings. The van der Waals surface area contributed by atoms with Gasteiger partial charge in [0.15, 0.2) is 9.84 Å². The van der Waals surface area contributed by atoms with Crippen molar-refractivity contribution in [3.8, 4) is 0 Å². The molecule has 144 valence electrons. The number of nitrogens with zero attached hydrogens (tertiary/aromatic N) is 2. The highest BCUT2D eigenvalue weighted by Crippen LogP contribution is 2.42. The van der Waals surface area contributed by atoms with E-state index in [1.165, 1.54) is 12.1 Å². The quantitative estimate of drug-likeness (QED) is 0.819. The molecule has 1 aliphatic heterocycles. The minimum absolute atomic E-state index is 0.0972. The summed E-state index contributed by atoms with van der Waals surface area (Å²) in [7, 11) is -3.01. The molecular weight excluding hydrogens is 369 g/mol. The SMILES string of the molecule is O=C(NCCc1ccc(F)cc1)c1cc(C2CC2)n(C2CCS(=O)(=O)C2)n1. The minimum Gasteiger partial charge on any atom is -0.350 e. The summed E-state index contributed by atoms with van der Waals surface area (Å²) >= 11 is 0. The van der Waals surface area contributed by atoms with E-state index in [1.807, 2.05) is 0 Å². The van der Waals surface area contributed by atoms with Crippen LogP contribution < -0.4 is 5.32 Å². The zero-order chi connectivity index (χ0) is 19.0. The number of sulfone groups is 1. The summed E-state index contributed by atoms with van der Waals surface area (Å²) in [6, 6.07) is 7.82. The van der Waals surface area contributed by atoms with Crippen LogP contribution in [0, 0.1) is 5.82 Å². The molecule has 1 unspecified atom stereocenters. The Labute approximate surface area is 157 Å². The van der Waals surface area contributed by atoms with Gasteiger partial charge < -0.3 is 5.32 Å². The molecule has 0 bridgehead atoms. The normalized spacial score (nSPS) is 21.3. The van der Waals surface area contributed by atoms with E-state index in [1.54, 1.807) is 22.9 Å². The molecule has 6 nitrogen and oxygen atoms in total. The lowest BCUT2D eigenvalue weighted by atomic mass is 10.1. The molecule has 1 aromatic carbocycles. The first-order chi connectivity index (χ1) is 12.9. The molecule has 1 aromatic heterocycles. The van der Waals surface area contributed by atoms with Gasteiger partial charge in [-0.3, -0.25) is 9.48 Å². The number of carbonyl (C=O) groups is 1. The molecule has 1 saturated heterocycles. The highest BCUT2D eigenvalue weighted by Gasteiger charge is 2.36. The van der Waals surface area contributed by atoms with Gasteiger partial charge in [0.1, 0.15) is 11.5 Å². The molecule has 1 amide bonds. The van der Waals surface area contributed by atoms with Gasteiger partial charge in [0.05, 0.1) is 17.5 Å². The Hall–Kier alpha value is -2.22. The van der Waals surface area contributed by atoms with Crippen molar-refractivity contribution in [3.05, 3.63) is 53.1 Å². The van der Waals surface area contributed by atoms with Gasteiger partial charge in [-0.25, -0.2) is 12.8 Å². The molecule has 2 fully saturated rings. The van der Waals surface area contributed by atoms with Crippen LogP contribution >= 0.6 is 0 Å². The van der Waals surface area contributed by atoms with Gasteiger partial charge in [-0.15, -0.1) is 0 Å². The molecule has 2 aliphatic rings. The zero-order valence-electron chi connectivity index (χ0n) is 14.9. The predicted octanol–water partition coefficient (Wildman–Crippen LogP) is 2.23. The fourth-order valence-corrected chi connectivity index (χ4v) is 5.22. The van der Waals surface area contributed by atoms with Crippen molar-refractivity contribution in [2.24, 2.45) is 0 Å². The second-order valence-corrected chi connectivity index (χ2v) is 9.59. The fourth-order valence-electron chi connectivity index (χ4n) is 3.53. The standard InChI is InChI=1S/C19H22FN3O3S/c20-15-5-1-13(2-6-15)7-9-21-19(24)17-11-18(14-3-4-14)23(22-17)16-8-10-27(25,26)12-16/h1-2,5-6,11,14,16H,3-4,7-10,12H2,(H,21,24). The lowest BCUT2D eigenvalue weighted by molar-refractivity contribution is 0.0948. The zero-order valence-corrected chi connectivity index (χ0v) is 15.7. The van der Waals surface area contributed by atoms with E-state index < -0.39 is 9.84 Å². The maximum absolute atomic E-state index is 12.9. The third-order valence-corrected chi connectivity index (χ3v) is 6.91. The van der Waals surface area contributed by atoms with Crippen molar-refractivity contribution >= 4 is 15.7 Å². The molecule has 1 N–H and O–H groups in total. The molecule has 8 heteroatoms. The Bertz CT molecular complexity index is 949. The Balaban J connectivity index is 1.43. The van der Waals surface area contributed by atoms with Gasteiger partial charge in [-0.2, -0.15) is 5.10 Å². The highest BCUT2D eigenvalue weighted by atomic mass is 32.2. The largest absolute Gasteiger partial charge is 0.350 e. The maximum atomic E-state index is 12.9. The number of benzene rings is 1. The average Bonchev–Trinajstić information content (AvgIpc) is 3.27. The van der Waals surface area contributed by atoms with Crippen LogP contribution in [-0.4, -0.2) is 42.2 Å². The van der Waals surface area contributed by atoms with Gasteiger partial charge >= 0.3 is 0 Å². The van der Waals surface area contributed by atoms with Gasteiger partial charge in [-0.05, 0) is 49.4 Å². The number of carbonyl (C=O) groups excluding carboxylic acids is 1. The van der Waals surface area contributed by atoms with Crippen molar-refractivity contribution < 1.29 is 17.6 Å². The first kappa shape index (κ1) is 18.2. The Morgan fingerprint density at radius 2 is 1.96 bits per heavy atom. The van der Waals surface area contributed by atoms with Crippen LogP contribution in [0.15, 0.2) is 30.3 Å². The van der Waals surface area contributed by atoms with Crippen LogP contribution in [0.25, 0.3) is 0 Å². The van der Waals surface area contributed by atoms with Crippen LogP contribution in [-0.2, 0) is 16.3 Å². The Morgan fingerprint density at radius 1 is 1.22 bits per heavy atom. The monoisotopic (exact) mass is 391 g/mol. The maximum Gasteiger partial charge on any atom is 0.271 e. The van der Waals surface area contributed by atoms with Crippen LogP contribution in [0.5, 0.6) is 0 Å². The van der Waals surface area contributed by atoms with Gasteiger partial charge in [0.2, 0.25) is 0 Å². The summed E-state index contributed by atoms with van der Waals surface area (Å²) < 4.78 is 38.3. The second kappa shape index (κ2) is 7.07. The molecule has 1 aliphatic carbocycles. The lowest BCUT2D eigenvalue weighted by Gasteiger charge is -2.12. The third-order valence-electron chi connectivity index (χ3n) is 5.16. The van der Waals surface area contributed by atoms with Crippen molar-refractivity contribution in [2.75, 3.05) is 18.1 Å². The number of nitrogens with one attached hydrogen (secondary N) is 1. The molecule has 1 saturated carbocycles. The van der Waals surface area contributed by atoms with Gasteiger partial charge in [0, 0.05) is 18.2 Å². The smallest absolute Gasteiger partial charge is 0.271 e. The van der Waals surface area contributed by atoms with Gasteiger partial charge in [-0.1, -0.05) is 12.1 Å². The Morgan fingerprint density at radius 3 is 2.59 bits per heavy atom. The first-order valence-corrected chi connectivity index (χ1v) is 11.1. The number of amides is 1. The molecule has 1 atom stereocenters. The summed E-state index contributed by atoms with van der Waals surface area (Å²) in [5, 5.41) is 7.29. The topological polar surface area (TPSA) is 81.1 Å².